The van der Waals surface area contributed by atoms with Crippen molar-refractivity contribution in [3.8, 4) is 0 Å². The van der Waals surface area contributed by atoms with Crippen LogP contribution in [0.5, 0.6) is 0 Å². The molecule has 0 bridgehead atoms. The first kappa shape index (κ1) is 12.5. The van der Waals surface area contributed by atoms with Crippen molar-refractivity contribution < 1.29 is 0 Å². The number of hydrogen-bond donors (Lipinski definition) is 2. The summed E-state index contributed by atoms with van der Waals surface area (Å²) in [6, 6.07) is 4.09. The third-order valence-electron chi connectivity index (χ3n) is 2.98. The second-order valence-electron chi connectivity index (χ2n) is 4.23. The van der Waals surface area contributed by atoms with Crippen molar-refractivity contribution in [2.24, 2.45) is 0 Å². The Kier molecular flexibility index (Phi) is 4.45. The number of H-pyrrole nitrogens is 1. The second-order valence-corrected chi connectivity index (χ2v) is 5.50. The van der Waals surface area contributed by atoms with Gasteiger partial charge in [-0.25, -0.2) is 4.98 Å². The van der Waals surface area contributed by atoms with Gasteiger partial charge in [-0.2, -0.15) is 11.8 Å². The van der Waals surface area contributed by atoms with E-state index in [1.807, 2.05) is 30.2 Å². The SMILES string of the molecule is CSC(C)CCNCc1c[nH]c2ncccc12. The molecule has 2 heterocycles. The van der Waals surface area contributed by atoms with E-state index in [2.05, 4.69) is 34.5 Å². The number of aromatic nitrogens is 2. The maximum absolute atomic E-state index is 4.28. The fourth-order valence-electron chi connectivity index (χ4n) is 1.81. The van der Waals surface area contributed by atoms with E-state index in [9.17, 15) is 0 Å². The molecule has 0 aliphatic carbocycles. The molecule has 1 atom stereocenters. The normalized spacial score (nSPS) is 13.1. The largest absolute Gasteiger partial charge is 0.346 e. The van der Waals surface area contributed by atoms with Crippen LogP contribution in [0, 0.1) is 0 Å². The molecule has 0 spiro atoms. The lowest BCUT2D eigenvalue weighted by atomic mass is 10.2. The Morgan fingerprint density at radius 1 is 1.53 bits per heavy atom. The Labute approximate surface area is 106 Å². The Bertz CT molecular complexity index is 466. The monoisotopic (exact) mass is 249 g/mol. The van der Waals surface area contributed by atoms with Crippen LogP contribution in [0.1, 0.15) is 18.9 Å². The van der Waals surface area contributed by atoms with Crippen molar-refractivity contribution in [3.63, 3.8) is 0 Å². The highest BCUT2D eigenvalue weighted by atomic mass is 32.2. The Balaban J connectivity index is 1.87. The highest BCUT2D eigenvalue weighted by Crippen LogP contribution is 2.15. The number of nitrogens with one attached hydrogen (secondary N) is 2. The summed E-state index contributed by atoms with van der Waals surface area (Å²) < 4.78 is 0. The summed E-state index contributed by atoms with van der Waals surface area (Å²) in [7, 11) is 0. The molecule has 92 valence electrons. The average Bonchev–Trinajstić information content (AvgIpc) is 2.78. The van der Waals surface area contributed by atoms with E-state index in [0.29, 0.717) is 0 Å². The number of fused-ring (bicyclic) bond motifs is 1. The highest BCUT2D eigenvalue weighted by Gasteiger charge is 2.03. The molecule has 0 aliphatic heterocycles. The van der Waals surface area contributed by atoms with E-state index >= 15 is 0 Å². The van der Waals surface area contributed by atoms with Crippen molar-refractivity contribution in [3.05, 3.63) is 30.1 Å². The van der Waals surface area contributed by atoms with Gasteiger partial charge >= 0.3 is 0 Å². The predicted molar refractivity (Wildman–Crippen MR) is 75.4 cm³/mol. The number of pyridine rings is 1. The maximum atomic E-state index is 4.28. The Morgan fingerprint density at radius 3 is 3.24 bits per heavy atom. The van der Waals surface area contributed by atoms with Crippen LogP contribution in [0.4, 0.5) is 0 Å². The molecule has 0 aliphatic rings. The topological polar surface area (TPSA) is 40.7 Å². The maximum Gasteiger partial charge on any atom is 0.137 e. The molecule has 0 amide bonds. The van der Waals surface area contributed by atoms with Gasteiger partial charge in [0.2, 0.25) is 0 Å². The quantitative estimate of drug-likeness (QED) is 0.773. The smallest absolute Gasteiger partial charge is 0.137 e. The minimum absolute atomic E-state index is 0.729. The van der Waals surface area contributed by atoms with Gasteiger partial charge in [0.05, 0.1) is 0 Å². The van der Waals surface area contributed by atoms with Crippen molar-refractivity contribution in [2.45, 2.75) is 25.1 Å². The number of nitrogens with zero attached hydrogens (tertiary/aromatic N) is 1. The summed E-state index contributed by atoms with van der Waals surface area (Å²) in [4.78, 5) is 7.48. The molecular weight excluding hydrogens is 230 g/mol. The first-order valence-electron chi connectivity index (χ1n) is 5.95. The van der Waals surface area contributed by atoms with E-state index < -0.39 is 0 Å². The molecule has 2 rings (SSSR count). The molecule has 2 N–H and O–H groups in total. The van der Waals surface area contributed by atoms with Gasteiger partial charge in [0.1, 0.15) is 5.65 Å². The number of hydrogen-bond acceptors (Lipinski definition) is 3. The van der Waals surface area contributed by atoms with Crippen molar-refractivity contribution >= 4 is 22.8 Å². The zero-order valence-electron chi connectivity index (χ0n) is 10.4. The van der Waals surface area contributed by atoms with Gasteiger partial charge < -0.3 is 10.3 Å². The van der Waals surface area contributed by atoms with Crippen molar-refractivity contribution in [2.75, 3.05) is 12.8 Å². The van der Waals surface area contributed by atoms with Crippen LogP contribution in [-0.4, -0.2) is 28.0 Å². The summed E-state index contributed by atoms with van der Waals surface area (Å²) in [5.74, 6) is 0. The van der Waals surface area contributed by atoms with Crippen LogP contribution in [-0.2, 0) is 6.54 Å². The Hall–Kier alpha value is -1.00. The summed E-state index contributed by atoms with van der Waals surface area (Å²) in [6.07, 6.45) is 7.23. The van der Waals surface area contributed by atoms with Gasteiger partial charge in [-0.3, -0.25) is 0 Å². The molecular formula is C13H19N3S. The van der Waals surface area contributed by atoms with E-state index in [1.165, 1.54) is 17.4 Å². The van der Waals surface area contributed by atoms with Gasteiger partial charge in [-0.05, 0) is 36.9 Å². The first-order chi connectivity index (χ1) is 8.31. The molecule has 0 saturated heterocycles. The van der Waals surface area contributed by atoms with E-state index in [-0.39, 0.29) is 0 Å². The van der Waals surface area contributed by atoms with Gasteiger partial charge in [0.25, 0.3) is 0 Å². The van der Waals surface area contributed by atoms with Gasteiger partial charge in [0, 0.05) is 29.6 Å². The summed E-state index contributed by atoms with van der Waals surface area (Å²) >= 11 is 1.92. The summed E-state index contributed by atoms with van der Waals surface area (Å²) in [6.45, 7) is 4.24. The van der Waals surface area contributed by atoms with Crippen molar-refractivity contribution in [1.29, 1.82) is 0 Å². The van der Waals surface area contributed by atoms with E-state index in [0.717, 1.165) is 24.0 Å². The molecule has 4 heteroatoms. The molecule has 1 unspecified atom stereocenters. The minimum Gasteiger partial charge on any atom is -0.346 e. The molecule has 0 fully saturated rings. The van der Waals surface area contributed by atoms with Crippen LogP contribution in [0.15, 0.2) is 24.5 Å². The van der Waals surface area contributed by atoms with Crippen LogP contribution in [0.3, 0.4) is 0 Å². The molecule has 2 aromatic heterocycles. The lowest BCUT2D eigenvalue weighted by molar-refractivity contribution is 0.650. The lowest BCUT2D eigenvalue weighted by Gasteiger charge is -2.08. The van der Waals surface area contributed by atoms with E-state index in [1.54, 1.807) is 0 Å². The van der Waals surface area contributed by atoms with Gasteiger partial charge in [-0.1, -0.05) is 6.92 Å². The summed E-state index contributed by atoms with van der Waals surface area (Å²) in [5.41, 5.74) is 2.27. The Morgan fingerprint density at radius 2 is 2.41 bits per heavy atom. The molecule has 0 saturated carbocycles. The van der Waals surface area contributed by atoms with E-state index in [4.69, 9.17) is 0 Å². The molecule has 17 heavy (non-hydrogen) atoms. The predicted octanol–water partition coefficient (Wildman–Crippen LogP) is 2.79. The average molecular weight is 249 g/mol. The fraction of sp³-hybridized carbons (Fsp3) is 0.462. The zero-order valence-corrected chi connectivity index (χ0v) is 11.2. The molecule has 3 nitrogen and oxygen atoms in total. The number of thioether (sulfide) groups is 1. The first-order valence-corrected chi connectivity index (χ1v) is 7.24. The third-order valence-corrected chi connectivity index (χ3v) is 4.02. The van der Waals surface area contributed by atoms with Crippen LogP contribution >= 0.6 is 11.8 Å². The lowest BCUT2D eigenvalue weighted by Crippen LogP contribution is -2.17. The van der Waals surface area contributed by atoms with Gasteiger partial charge in [0.15, 0.2) is 0 Å². The molecule has 0 radical (unpaired) electrons. The number of aromatic amines is 1. The van der Waals surface area contributed by atoms with Crippen LogP contribution in [0.25, 0.3) is 11.0 Å². The van der Waals surface area contributed by atoms with Gasteiger partial charge in [-0.15, -0.1) is 0 Å². The second kappa shape index (κ2) is 6.07. The van der Waals surface area contributed by atoms with Crippen LogP contribution in [0.2, 0.25) is 0 Å². The molecule has 0 aromatic carbocycles. The zero-order chi connectivity index (χ0) is 12.1. The number of rotatable bonds is 6. The summed E-state index contributed by atoms with van der Waals surface area (Å²) in [5, 5.41) is 5.43. The molecule has 2 aromatic rings. The highest BCUT2D eigenvalue weighted by molar-refractivity contribution is 7.99. The minimum atomic E-state index is 0.729. The van der Waals surface area contributed by atoms with Crippen molar-refractivity contribution in [1.82, 2.24) is 15.3 Å². The fourth-order valence-corrected chi connectivity index (χ4v) is 2.16. The van der Waals surface area contributed by atoms with Crippen LogP contribution < -0.4 is 5.32 Å². The third kappa shape index (κ3) is 3.23. The standard InChI is InChI=1S/C13H19N3S/c1-10(17-2)5-7-14-8-11-9-16-13-12(11)4-3-6-15-13/h3-4,6,9-10,14H,5,7-8H2,1-2H3,(H,15,16).